The van der Waals surface area contributed by atoms with Crippen LogP contribution in [0.15, 0.2) is 54.6 Å². The largest absolute Gasteiger partial charge is 0.336 e. The third-order valence-electron chi connectivity index (χ3n) is 4.70. The van der Waals surface area contributed by atoms with E-state index in [0.29, 0.717) is 19.0 Å². The normalized spacial score (nSPS) is 21.0. The van der Waals surface area contributed by atoms with Gasteiger partial charge in [-0.05, 0) is 29.2 Å². The first-order valence-corrected chi connectivity index (χ1v) is 8.26. The fourth-order valence-corrected chi connectivity index (χ4v) is 3.24. The number of carbonyl (C=O) groups excluding carboxylic acids is 1. The van der Waals surface area contributed by atoms with Crippen LogP contribution in [0.25, 0.3) is 0 Å². The van der Waals surface area contributed by atoms with Gasteiger partial charge in [0, 0.05) is 30.6 Å². The Labute approximate surface area is 138 Å². The molecule has 0 radical (unpaired) electrons. The van der Waals surface area contributed by atoms with Gasteiger partial charge in [-0.2, -0.15) is 0 Å². The number of hydrogen-bond donors (Lipinski definition) is 1. The Morgan fingerprint density at radius 2 is 1.70 bits per heavy atom. The molecule has 3 heteroatoms. The second-order valence-electron chi connectivity index (χ2n) is 6.67. The van der Waals surface area contributed by atoms with Gasteiger partial charge in [-0.3, -0.25) is 4.79 Å². The number of hydrogen-bond acceptors (Lipinski definition) is 2. The molecule has 1 saturated heterocycles. The molecule has 1 fully saturated rings. The van der Waals surface area contributed by atoms with E-state index in [1.165, 1.54) is 11.1 Å². The molecule has 1 amide bonds. The Kier molecular flexibility index (Phi) is 4.49. The smallest absolute Gasteiger partial charge is 0.253 e. The van der Waals surface area contributed by atoms with Crippen LogP contribution >= 0.6 is 0 Å². The fraction of sp³-hybridized carbons (Fsp3) is 0.350. The topological polar surface area (TPSA) is 46.3 Å². The Hall–Kier alpha value is -2.13. The average molecular weight is 308 g/mol. The van der Waals surface area contributed by atoms with Crippen LogP contribution in [0.1, 0.15) is 47.2 Å². The molecule has 2 N–H and O–H groups in total. The van der Waals surface area contributed by atoms with Crippen LogP contribution in [-0.2, 0) is 0 Å². The minimum absolute atomic E-state index is 0.00344. The minimum atomic E-state index is -0.00344. The molecule has 0 unspecified atom stereocenters. The maximum atomic E-state index is 12.7. The van der Waals surface area contributed by atoms with Crippen molar-refractivity contribution in [3.63, 3.8) is 0 Å². The van der Waals surface area contributed by atoms with E-state index in [1.54, 1.807) is 0 Å². The molecular formula is C20H24N2O. The first-order valence-electron chi connectivity index (χ1n) is 8.26. The molecular weight excluding hydrogens is 284 g/mol. The van der Waals surface area contributed by atoms with Crippen LogP contribution in [0.2, 0.25) is 0 Å². The Morgan fingerprint density at radius 1 is 1.04 bits per heavy atom. The summed E-state index contributed by atoms with van der Waals surface area (Å²) in [5.41, 5.74) is 9.50. The fourth-order valence-electron chi connectivity index (χ4n) is 3.24. The first kappa shape index (κ1) is 15.8. The second kappa shape index (κ2) is 6.55. The summed E-state index contributed by atoms with van der Waals surface area (Å²) in [6.45, 7) is 5.61. The van der Waals surface area contributed by atoms with Crippen molar-refractivity contribution >= 4 is 5.91 Å². The summed E-state index contributed by atoms with van der Waals surface area (Å²) in [7, 11) is 0. The summed E-state index contributed by atoms with van der Waals surface area (Å²) in [5, 5.41) is 0. The summed E-state index contributed by atoms with van der Waals surface area (Å²) in [5.74, 6) is 0.770. The van der Waals surface area contributed by atoms with Gasteiger partial charge >= 0.3 is 0 Å². The van der Waals surface area contributed by atoms with E-state index in [0.717, 1.165) is 5.56 Å². The van der Waals surface area contributed by atoms with E-state index >= 15 is 0 Å². The van der Waals surface area contributed by atoms with Gasteiger partial charge in [0.05, 0.1) is 0 Å². The summed E-state index contributed by atoms with van der Waals surface area (Å²) in [4.78, 5) is 14.6. The lowest BCUT2D eigenvalue weighted by Crippen LogP contribution is -2.32. The Bertz CT molecular complexity index is 664. The molecule has 1 heterocycles. The lowest BCUT2D eigenvalue weighted by molar-refractivity contribution is 0.0789. The van der Waals surface area contributed by atoms with Crippen LogP contribution in [0.4, 0.5) is 0 Å². The van der Waals surface area contributed by atoms with Crippen LogP contribution in [-0.4, -0.2) is 29.9 Å². The van der Waals surface area contributed by atoms with E-state index in [-0.39, 0.29) is 17.9 Å². The third kappa shape index (κ3) is 3.30. The van der Waals surface area contributed by atoms with Gasteiger partial charge in [0.25, 0.3) is 5.91 Å². The number of likely N-dealkylation sites (tertiary alicyclic amines) is 1. The number of amides is 1. The highest BCUT2D eigenvalue weighted by Gasteiger charge is 2.34. The zero-order valence-corrected chi connectivity index (χ0v) is 13.8. The number of nitrogens with two attached hydrogens (primary N) is 1. The van der Waals surface area contributed by atoms with Crippen molar-refractivity contribution in [2.75, 3.05) is 13.1 Å². The molecule has 0 saturated carbocycles. The van der Waals surface area contributed by atoms with E-state index < -0.39 is 0 Å². The lowest BCUT2D eigenvalue weighted by atomic mass is 9.95. The van der Waals surface area contributed by atoms with E-state index in [4.69, 9.17) is 5.73 Å². The molecule has 3 rings (SSSR count). The van der Waals surface area contributed by atoms with Crippen LogP contribution in [0.3, 0.4) is 0 Å². The van der Waals surface area contributed by atoms with Gasteiger partial charge < -0.3 is 10.6 Å². The zero-order chi connectivity index (χ0) is 16.4. The Morgan fingerprint density at radius 3 is 2.30 bits per heavy atom. The number of nitrogens with zero attached hydrogens (tertiary/aromatic N) is 1. The quantitative estimate of drug-likeness (QED) is 0.945. The van der Waals surface area contributed by atoms with Crippen molar-refractivity contribution in [3.05, 3.63) is 71.3 Å². The molecule has 2 aromatic carbocycles. The molecule has 120 valence electrons. The summed E-state index contributed by atoms with van der Waals surface area (Å²) < 4.78 is 0. The standard InChI is InChI=1S/C20H24N2O/c1-14(2)15-8-10-17(11-9-15)20(23)22-12-18(19(21)13-22)16-6-4-3-5-7-16/h3-11,14,18-19H,12-13,21H2,1-2H3/t18-,19+/m0/s1. The molecule has 2 aromatic rings. The number of carbonyl (C=O) groups is 1. The molecule has 1 aliphatic heterocycles. The van der Waals surface area contributed by atoms with Gasteiger partial charge in [-0.15, -0.1) is 0 Å². The highest BCUT2D eigenvalue weighted by Crippen LogP contribution is 2.27. The molecule has 3 nitrogen and oxygen atoms in total. The highest BCUT2D eigenvalue weighted by molar-refractivity contribution is 5.94. The maximum Gasteiger partial charge on any atom is 0.253 e. The minimum Gasteiger partial charge on any atom is -0.336 e. The monoisotopic (exact) mass is 308 g/mol. The van der Waals surface area contributed by atoms with Crippen molar-refractivity contribution in [1.29, 1.82) is 0 Å². The van der Waals surface area contributed by atoms with Gasteiger partial charge in [0.2, 0.25) is 0 Å². The van der Waals surface area contributed by atoms with Crippen molar-refractivity contribution in [3.8, 4) is 0 Å². The first-order chi connectivity index (χ1) is 11.1. The lowest BCUT2D eigenvalue weighted by Gasteiger charge is -2.17. The molecule has 0 aromatic heterocycles. The number of benzene rings is 2. The molecule has 1 aliphatic rings. The van der Waals surface area contributed by atoms with Gasteiger partial charge in [0.1, 0.15) is 0 Å². The molecule has 23 heavy (non-hydrogen) atoms. The van der Waals surface area contributed by atoms with Crippen molar-refractivity contribution in [2.24, 2.45) is 5.73 Å². The van der Waals surface area contributed by atoms with Crippen molar-refractivity contribution in [1.82, 2.24) is 4.90 Å². The molecule has 2 atom stereocenters. The zero-order valence-electron chi connectivity index (χ0n) is 13.8. The summed E-state index contributed by atoms with van der Waals surface area (Å²) in [6, 6.07) is 18.2. The van der Waals surface area contributed by atoms with Crippen LogP contribution < -0.4 is 5.73 Å². The highest BCUT2D eigenvalue weighted by atomic mass is 16.2. The van der Waals surface area contributed by atoms with Crippen LogP contribution in [0, 0.1) is 0 Å². The predicted molar refractivity (Wildman–Crippen MR) is 93.6 cm³/mol. The van der Waals surface area contributed by atoms with E-state index in [2.05, 4.69) is 26.0 Å². The molecule has 0 bridgehead atoms. The van der Waals surface area contributed by atoms with Gasteiger partial charge in [-0.25, -0.2) is 0 Å². The third-order valence-corrected chi connectivity index (χ3v) is 4.70. The van der Waals surface area contributed by atoms with Gasteiger partial charge in [0.15, 0.2) is 0 Å². The van der Waals surface area contributed by atoms with Crippen molar-refractivity contribution in [2.45, 2.75) is 31.7 Å². The summed E-state index contributed by atoms with van der Waals surface area (Å²) >= 11 is 0. The maximum absolute atomic E-state index is 12.7. The Balaban J connectivity index is 1.74. The molecule has 0 spiro atoms. The molecule has 0 aliphatic carbocycles. The van der Waals surface area contributed by atoms with Crippen molar-refractivity contribution < 1.29 is 4.79 Å². The SMILES string of the molecule is CC(C)c1ccc(C(=O)N2C[C@@H](N)[C@H](c3ccccc3)C2)cc1. The summed E-state index contributed by atoms with van der Waals surface area (Å²) in [6.07, 6.45) is 0. The van der Waals surface area contributed by atoms with Crippen LogP contribution in [0.5, 0.6) is 0 Å². The number of rotatable bonds is 3. The van der Waals surface area contributed by atoms with E-state index in [9.17, 15) is 4.79 Å². The average Bonchev–Trinajstić information content (AvgIpc) is 2.97. The van der Waals surface area contributed by atoms with Gasteiger partial charge in [-0.1, -0.05) is 56.3 Å². The van der Waals surface area contributed by atoms with E-state index in [1.807, 2.05) is 47.4 Å². The second-order valence-corrected chi connectivity index (χ2v) is 6.67. The predicted octanol–water partition coefficient (Wildman–Crippen LogP) is 3.38.